The van der Waals surface area contributed by atoms with Gasteiger partial charge in [-0.25, -0.2) is 18.3 Å². The number of nitrogen functional groups attached to an aromatic ring is 1. The summed E-state index contributed by atoms with van der Waals surface area (Å²) in [4.78, 5) is 18.8. The Morgan fingerprint density at radius 2 is 1.76 bits per heavy atom. The smallest absolute Gasteiger partial charge is 0.259 e. The molecule has 3 aromatic rings. The average molecular weight is 404 g/mol. The number of hydrogen-bond donors (Lipinski definition) is 3. The monoisotopic (exact) mass is 404 g/mol. The zero-order valence-corrected chi connectivity index (χ0v) is 15.7. The second-order valence-corrected chi connectivity index (χ2v) is 6.42. The Morgan fingerprint density at radius 1 is 1.14 bits per heavy atom. The zero-order chi connectivity index (χ0) is 20.8. The second-order valence-electron chi connectivity index (χ2n) is 6.42. The van der Waals surface area contributed by atoms with Gasteiger partial charge in [-0.1, -0.05) is 0 Å². The Bertz CT molecular complexity index is 950. The van der Waals surface area contributed by atoms with Crippen LogP contribution >= 0.6 is 0 Å². The number of anilines is 2. The molecule has 2 aromatic heterocycles. The molecule has 4 N–H and O–H groups in total. The van der Waals surface area contributed by atoms with E-state index >= 15 is 0 Å². The number of hydrogen-bond acceptors (Lipinski definition) is 6. The largest absolute Gasteiger partial charge is 0.395 e. The number of amides is 1. The van der Waals surface area contributed by atoms with Gasteiger partial charge in [0, 0.05) is 25.8 Å². The van der Waals surface area contributed by atoms with E-state index in [2.05, 4.69) is 20.3 Å². The summed E-state index contributed by atoms with van der Waals surface area (Å²) < 4.78 is 25.3. The molecule has 0 saturated carbocycles. The first-order chi connectivity index (χ1) is 14.0. The zero-order valence-electron chi connectivity index (χ0n) is 15.7. The van der Waals surface area contributed by atoms with Crippen molar-refractivity contribution < 1.29 is 18.7 Å². The van der Waals surface area contributed by atoms with Crippen molar-refractivity contribution in [1.29, 1.82) is 0 Å². The first kappa shape index (κ1) is 20.5. The summed E-state index contributed by atoms with van der Waals surface area (Å²) in [6.45, 7) is 1.98. The summed E-state index contributed by atoms with van der Waals surface area (Å²) in [7, 11) is 0. The number of halogens is 2. The fourth-order valence-electron chi connectivity index (χ4n) is 2.96. The third-order valence-electron chi connectivity index (χ3n) is 4.36. The summed E-state index contributed by atoms with van der Waals surface area (Å²) in [5.41, 5.74) is 6.51. The molecule has 1 aliphatic heterocycles. The summed E-state index contributed by atoms with van der Waals surface area (Å²) in [6.07, 6.45) is 4.06. The molecule has 1 aromatic carbocycles. The maximum atomic E-state index is 12.1. The van der Waals surface area contributed by atoms with E-state index in [1.807, 2.05) is 6.07 Å². The number of nitrogens with one attached hydrogen (secondary N) is 1. The van der Waals surface area contributed by atoms with Crippen LogP contribution in [0.2, 0.25) is 0 Å². The second kappa shape index (κ2) is 9.28. The average Bonchev–Trinajstić information content (AvgIpc) is 3.35. The predicted octanol–water partition coefficient (Wildman–Crippen LogP) is 1.60. The molecule has 8 nitrogen and oxygen atoms in total. The van der Waals surface area contributed by atoms with Gasteiger partial charge >= 0.3 is 0 Å². The molecule has 0 aliphatic carbocycles. The van der Waals surface area contributed by atoms with E-state index in [1.165, 1.54) is 4.52 Å². The molecule has 0 spiro atoms. The van der Waals surface area contributed by atoms with Crippen LogP contribution < -0.4 is 16.0 Å². The van der Waals surface area contributed by atoms with Crippen LogP contribution in [0.5, 0.6) is 0 Å². The highest BCUT2D eigenvalue weighted by molar-refractivity contribution is 6.04. The van der Waals surface area contributed by atoms with Crippen LogP contribution in [0, 0.1) is 11.6 Å². The molecule has 4 rings (SSSR count). The molecule has 3 heterocycles. The van der Waals surface area contributed by atoms with E-state index in [9.17, 15) is 13.6 Å². The van der Waals surface area contributed by atoms with E-state index in [0.717, 1.165) is 56.0 Å². The molecule has 0 unspecified atom stereocenters. The number of nitrogens with zero attached hydrogens (tertiary/aromatic N) is 4. The maximum absolute atomic E-state index is 12.1. The van der Waals surface area contributed by atoms with E-state index in [0.29, 0.717) is 5.65 Å². The maximum Gasteiger partial charge on any atom is 0.259 e. The number of carbonyl (C=O) groups is 1. The molecule has 1 amide bonds. The van der Waals surface area contributed by atoms with Crippen LogP contribution in [-0.2, 0) is 0 Å². The van der Waals surface area contributed by atoms with Gasteiger partial charge in [0.2, 0.25) is 0 Å². The van der Waals surface area contributed by atoms with Crippen LogP contribution in [0.15, 0.2) is 36.5 Å². The minimum Gasteiger partial charge on any atom is -0.395 e. The van der Waals surface area contributed by atoms with E-state index in [-0.39, 0.29) is 30.4 Å². The normalized spacial score (nSPS) is 13.3. The van der Waals surface area contributed by atoms with Crippen molar-refractivity contribution >= 4 is 23.2 Å². The van der Waals surface area contributed by atoms with Crippen LogP contribution in [-0.4, -0.2) is 51.9 Å². The molecule has 29 heavy (non-hydrogen) atoms. The van der Waals surface area contributed by atoms with Crippen molar-refractivity contribution in [2.24, 2.45) is 0 Å². The highest BCUT2D eigenvalue weighted by atomic mass is 19.1. The summed E-state index contributed by atoms with van der Waals surface area (Å²) >= 11 is 0. The summed E-state index contributed by atoms with van der Waals surface area (Å²) in [5.74, 6) is -0.229. The van der Waals surface area contributed by atoms with Crippen molar-refractivity contribution in [1.82, 2.24) is 19.9 Å². The molecule has 154 valence electrons. The third-order valence-corrected chi connectivity index (χ3v) is 4.36. The van der Waals surface area contributed by atoms with Crippen molar-refractivity contribution in [2.75, 3.05) is 36.9 Å². The SMILES string of the molecule is Fc1ccc(F)cc1.Nc1nn2ccc(N3CCCC3)nc2c1C(=O)NCCO. The van der Waals surface area contributed by atoms with Gasteiger partial charge in [-0.15, -0.1) is 5.10 Å². The number of fused-ring (bicyclic) bond motifs is 1. The lowest BCUT2D eigenvalue weighted by Gasteiger charge is -2.16. The van der Waals surface area contributed by atoms with Gasteiger partial charge in [0.1, 0.15) is 23.0 Å². The lowest BCUT2D eigenvalue weighted by Crippen LogP contribution is -2.27. The van der Waals surface area contributed by atoms with Gasteiger partial charge < -0.3 is 21.1 Å². The summed E-state index contributed by atoms with van der Waals surface area (Å²) in [5, 5.41) is 15.5. The molecule has 1 aliphatic rings. The number of aliphatic hydroxyl groups is 1. The number of aliphatic hydroxyl groups excluding tert-OH is 1. The van der Waals surface area contributed by atoms with Gasteiger partial charge in [-0.2, -0.15) is 0 Å². The van der Waals surface area contributed by atoms with Gasteiger partial charge in [0.05, 0.1) is 6.61 Å². The first-order valence-electron chi connectivity index (χ1n) is 9.19. The van der Waals surface area contributed by atoms with Crippen molar-refractivity contribution in [3.63, 3.8) is 0 Å². The lowest BCUT2D eigenvalue weighted by molar-refractivity contribution is 0.0947. The number of carbonyl (C=O) groups excluding carboxylic acids is 1. The molecule has 10 heteroatoms. The Balaban J connectivity index is 0.000000252. The Labute approximate surface area is 166 Å². The molecule has 1 fully saturated rings. The fourth-order valence-corrected chi connectivity index (χ4v) is 2.96. The standard InChI is InChI=1S/C13H18N6O2.C6H4F2/c14-11-10(13(21)15-4-8-20)12-16-9(3-7-19(12)17-11)18-5-1-2-6-18;7-5-1-2-6(8)4-3-5/h3,7,20H,1-2,4-6,8H2,(H2,14,17)(H,15,21);1-4H. The van der Waals surface area contributed by atoms with Gasteiger partial charge in [0.25, 0.3) is 5.91 Å². The summed E-state index contributed by atoms with van der Waals surface area (Å²) in [6, 6.07) is 6.19. The van der Waals surface area contributed by atoms with Crippen LogP contribution in [0.25, 0.3) is 5.65 Å². The van der Waals surface area contributed by atoms with Crippen LogP contribution in [0.1, 0.15) is 23.2 Å². The van der Waals surface area contributed by atoms with E-state index in [1.54, 1.807) is 6.20 Å². The quantitative estimate of drug-likeness (QED) is 0.610. The van der Waals surface area contributed by atoms with Crippen molar-refractivity contribution in [3.8, 4) is 0 Å². The van der Waals surface area contributed by atoms with Gasteiger partial charge in [-0.3, -0.25) is 4.79 Å². The molecule has 1 saturated heterocycles. The lowest BCUT2D eigenvalue weighted by atomic mass is 10.3. The number of aromatic nitrogens is 3. The number of nitrogens with two attached hydrogens (primary N) is 1. The highest BCUT2D eigenvalue weighted by Crippen LogP contribution is 2.22. The Morgan fingerprint density at radius 3 is 2.34 bits per heavy atom. The molecule has 0 bridgehead atoms. The fraction of sp³-hybridized carbons (Fsp3) is 0.316. The van der Waals surface area contributed by atoms with Gasteiger partial charge in [0.15, 0.2) is 11.5 Å². The molecule has 0 atom stereocenters. The van der Waals surface area contributed by atoms with Gasteiger partial charge in [-0.05, 0) is 43.2 Å². The van der Waals surface area contributed by atoms with Crippen LogP contribution in [0.3, 0.4) is 0 Å². The highest BCUT2D eigenvalue weighted by Gasteiger charge is 2.21. The number of rotatable bonds is 4. The molecular formula is C19H22F2N6O2. The molecular weight excluding hydrogens is 382 g/mol. The minimum absolute atomic E-state index is 0.128. The minimum atomic E-state index is -0.411. The van der Waals surface area contributed by atoms with Crippen molar-refractivity contribution in [2.45, 2.75) is 12.8 Å². The van der Waals surface area contributed by atoms with Crippen LogP contribution in [0.4, 0.5) is 20.4 Å². The van der Waals surface area contributed by atoms with Crippen molar-refractivity contribution in [3.05, 3.63) is 53.7 Å². The Hall–Kier alpha value is -3.27. The number of benzene rings is 1. The molecule has 0 radical (unpaired) electrons. The third kappa shape index (κ3) is 4.96. The predicted molar refractivity (Wildman–Crippen MR) is 105 cm³/mol. The topological polar surface area (TPSA) is 109 Å². The Kier molecular flexibility index (Phi) is 6.55. The first-order valence-corrected chi connectivity index (χ1v) is 9.19. The van der Waals surface area contributed by atoms with E-state index in [4.69, 9.17) is 10.8 Å². The van der Waals surface area contributed by atoms with E-state index < -0.39 is 11.6 Å².